The molecule has 2 N–H and O–H groups in total. The topological polar surface area (TPSA) is 153 Å². The Kier molecular flexibility index (Phi) is 8.35. The van der Waals surface area contributed by atoms with Gasteiger partial charge in [-0.1, -0.05) is 4.13 Å². The highest BCUT2D eigenvalue weighted by Crippen LogP contribution is 2.47. The summed E-state index contributed by atoms with van der Waals surface area (Å²) in [6, 6.07) is 0.634. The second-order valence-corrected chi connectivity index (χ2v) is 12.0. The third kappa shape index (κ3) is 6.89. The molecule has 0 unspecified atom stereocenters. The lowest BCUT2D eigenvalue weighted by atomic mass is 10.3. The third-order valence-corrected chi connectivity index (χ3v) is 8.43. The van der Waals surface area contributed by atoms with Crippen molar-refractivity contribution in [3.8, 4) is 5.75 Å². The number of hydrogen-bond acceptors (Lipinski definition) is 8. The average molecular weight is 645 g/mol. The van der Waals surface area contributed by atoms with Crippen LogP contribution in [0.2, 0.25) is 0 Å². The van der Waals surface area contributed by atoms with Crippen LogP contribution in [0.4, 0.5) is 43.9 Å². The zero-order valence-corrected chi connectivity index (χ0v) is 20.2. The highest BCUT2D eigenvalue weighted by atomic mass is 32.3. The van der Waals surface area contributed by atoms with Gasteiger partial charge in [-0.25, -0.2) is 30.4 Å². The summed E-state index contributed by atoms with van der Waals surface area (Å²) in [5.41, 5.74) is 0. The van der Waals surface area contributed by atoms with E-state index in [-0.39, 0.29) is 34.5 Å². The summed E-state index contributed by atoms with van der Waals surface area (Å²) in [6.07, 6.45) is -20.5. The number of sulfonamides is 2. The Labute approximate surface area is 211 Å². The molecule has 0 spiro atoms. The van der Waals surface area contributed by atoms with Crippen molar-refractivity contribution in [2.75, 3.05) is 0 Å². The molecule has 10 nitrogen and oxygen atoms in total. The van der Waals surface area contributed by atoms with E-state index in [1.165, 1.54) is 0 Å². The van der Waals surface area contributed by atoms with E-state index in [1.807, 2.05) is 0 Å². The molecule has 2 aromatic carbocycles. The smallest absolute Gasteiger partial charge is 0.426 e. The molecule has 0 amide bonds. The van der Waals surface area contributed by atoms with E-state index in [9.17, 15) is 69.2 Å². The van der Waals surface area contributed by atoms with Gasteiger partial charge in [0.1, 0.15) is 17.4 Å². The Morgan fingerprint density at radius 1 is 0.667 bits per heavy atom. The predicted octanol–water partition coefficient (Wildman–Crippen LogP) is 3.29. The van der Waals surface area contributed by atoms with Crippen LogP contribution >= 0.6 is 0 Å². The third-order valence-electron chi connectivity index (χ3n) is 4.00. The second kappa shape index (κ2) is 10.0. The maximum atomic E-state index is 14.1. The van der Waals surface area contributed by atoms with Crippen molar-refractivity contribution in [3.63, 3.8) is 0 Å². The van der Waals surface area contributed by atoms with Crippen molar-refractivity contribution in [3.05, 3.63) is 54.1 Å². The zero-order valence-electron chi connectivity index (χ0n) is 17.8. The number of hydrogen-bond donors (Lipinski definition) is 2. The van der Waals surface area contributed by atoms with Gasteiger partial charge in [-0.05, 0) is 24.3 Å². The molecule has 0 aromatic heterocycles. The van der Waals surface area contributed by atoms with Crippen LogP contribution < -0.4 is 8.86 Å². The van der Waals surface area contributed by atoms with Crippen LogP contribution in [-0.4, -0.2) is 53.4 Å². The van der Waals surface area contributed by atoms with Crippen molar-refractivity contribution in [1.82, 2.24) is 4.13 Å². The summed E-state index contributed by atoms with van der Waals surface area (Å²) < 4.78 is 220. The van der Waals surface area contributed by atoms with Gasteiger partial charge in [-0.2, -0.15) is 43.5 Å². The number of ether oxygens (including phenoxy) is 2. The van der Waals surface area contributed by atoms with Gasteiger partial charge >= 0.3 is 23.6 Å². The molecule has 0 fully saturated rings. The highest BCUT2D eigenvalue weighted by molar-refractivity contribution is 8.05. The summed E-state index contributed by atoms with van der Waals surface area (Å²) >= 11 is 0. The molecule has 0 saturated heterocycles. The maximum absolute atomic E-state index is 14.1. The van der Waals surface area contributed by atoms with Crippen molar-refractivity contribution in [1.29, 1.82) is 0 Å². The SMILES string of the molecule is O=S(=O)(O)c1ccc(S(=O)(=O)NS(=O)(=O)C(F)(F)C(F)(F)OC(F)(F)C(F)(F)Oc2cc(F)cc(F)c2)cc1. The van der Waals surface area contributed by atoms with Crippen LogP contribution in [0.3, 0.4) is 0 Å². The number of halogens is 10. The molecule has 2 aromatic rings. The Hall–Kier alpha value is -2.73. The summed E-state index contributed by atoms with van der Waals surface area (Å²) in [7, 11) is -18.2. The quantitative estimate of drug-likeness (QED) is 0.277. The molecule has 0 heterocycles. The Balaban J connectivity index is 2.35. The fourth-order valence-corrected chi connectivity index (χ4v) is 5.55. The molecule has 0 bridgehead atoms. The number of rotatable bonds is 11. The first-order valence-corrected chi connectivity index (χ1v) is 13.4. The minimum atomic E-state index is -7.38. The van der Waals surface area contributed by atoms with Crippen molar-refractivity contribution < 1.29 is 83.2 Å². The van der Waals surface area contributed by atoms with Gasteiger partial charge in [0.05, 0.1) is 9.79 Å². The molecule has 0 atom stereocenters. The largest absolute Gasteiger partial charge is 0.494 e. The molecular weight excluding hydrogens is 636 g/mol. The highest BCUT2D eigenvalue weighted by Gasteiger charge is 2.75. The van der Waals surface area contributed by atoms with Gasteiger partial charge < -0.3 is 4.74 Å². The van der Waals surface area contributed by atoms with Crippen LogP contribution in [0, 0.1) is 11.6 Å². The predicted molar refractivity (Wildman–Crippen MR) is 103 cm³/mol. The van der Waals surface area contributed by atoms with Gasteiger partial charge in [0, 0.05) is 18.2 Å². The van der Waals surface area contributed by atoms with Gasteiger partial charge in [-0.15, -0.1) is 0 Å². The van der Waals surface area contributed by atoms with Crippen molar-refractivity contribution in [2.24, 2.45) is 0 Å². The van der Waals surface area contributed by atoms with Crippen LogP contribution in [0.1, 0.15) is 0 Å². The monoisotopic (exact) mass is 645 g/mol. The molecule has 0 aliphatic rings. The van der Waals surface area contributed by atoms with Gasteiger partial charge in [0.2, 0.25) is 0 Å². The molecule has 0 aliphatic carbocycles. The van der Waals surface area contributed by atoms with E-state index in [0.717, 1.165) is 0 Å². The van der Waals surface area contributed by atoms with Crippen molar-refractivity contribution >= 4 is 30.2 Å². The first-order valence-electron chi connectivity index (χ1n) is 8.96. The molecule has 39 heavy (non-hydrogen) atoms. The summed E-state index contributed by atoms with van der Waals surface area (Å²) in [5, 5.41) is -7.06. The van der Waals surface area contributed by atoms with E-state index < -0.39 is 80.9 Å². The molecule has 0 saturated carbocycles. The Bertz CT molecular complexity index is 1540. The summed E-state index contributed by atoms with van der Waals surface area (Å²) in [5.74, 6) is -5.18. The standard InChI is InChI=1S/C16H9F10NO9S3/c17-8-5-9(18)7-10(6-8)35-13(19,20)14(21,22)36-15(23,24)16(25,26)39(33,34)27-37(28,29)11-1-3-12(4-2-11)38(30,31)32/h1-7,27H,(H,30,31,32). The van der Waals surface area contributed by atoms with Crippen LogP contribution in [0.5, 0.6) is 5.75 Å². The molecular formula is C16H9F10NO9S3. The number of alkyl halides is 8. The Morgan fingerprint density at radius 2 is 1.10 bits per heavy atom. The van der Waals surface area contributed by atoms with Crippen LogP contribution in [0.15, 0.2) is 52.3 Å². The lowest BCUT2D eigenvalue weighted by Crippen LogP contribution is -2.59. The normalized spacial score (nSPS) is 14.3. The Morgan fingerprint density at radius 3 is 1.54 bits per heavy atom. The fraction of sp³-hybridized carbons (Fsp3) is 0.250. The fourth-order valence-electron chi connectivity index (χ4n) is 2.27. The molecule has 2 rings (SSSR count). The number of benzene rings is 2. The summed E-state index contributed by atoms with van der Waals surface area (Å²) in [6.45, 7) is 0. The minimum absolute atomic E-state index is 0.00581. The number of nitrogens with one attached hydrogen (secondary N) is 1. The lowest BCUT2D eigenvalue weighted by Gasteiger charge is -2.31. The van der Waals surface area contributed by atoms with Gasteiger partial charge in [0.15, 0.2) is 0 Å². The maximum Gasteiger partial charge on any atom is 0.494 e. The second-order valence-electron chi connectivity index (χ2n) is 6.91. The van der Waals surface area contributed by atoms with E-state index in [0.29, 0.717) is 12.1 Å². The van der Waals surface area contributed by atoms with Gasteiger partial charge in [-0.3, -0.25) is 4.55 Å². The van der Waals surface area contributed by atoms with E-state index in [4.69, 9.17) is 4.55 Å². The van der Waals surface area contributed by atoms with Crippen LogP contribution in [0.25, 0.3) is 0 Å². The summed E-state index contributed by atoms with van der Waals surface area (Å²) in [4.78, 5) is -2.41. The molecule has 23 heteroatoms. The molecule has 0 aliphatic heterocycles. The zero-order chi connectivity index (χ0) is 30.5. The molecule has 220 valence electrons. The lowest BCUT2D eigenvalue weighted by molar-refractivity contribution is -0.484. The van der Waals surface area contributed by atoms with Gasteiger partial charge in [0.25, 0.3) is 30.2 Å². The van der Waals surface area contributed by atoms with Crippen LogP contribution in [-0.2, 0) is 34.9 Å². The van der Waals surface area contributed by atoms with E-state index in [2.05, 4.69) is 9.47 Å². The molecule has 0 radical (unpaired) electrons. The first kappa shape index (κ1) is 32.5. The average Bonchev–Trinajstić information content (AvgIpc) is 2.70. The van der Waals surface area contributed by atoms with Crippen molar-refractivity contribution in [2.45, 2.75) is 33.4 Å². The van der Waals surface area contributed by atoms with E-state index >= 15 is 0 Å². The van der Waals surface area contributed by atoms with E-state index in [1.54, 1.807) is 0 Å². The minimum Gasteiger partial charge on any atom is -0.426 e. The first-order chi connectivity index (χ1) is 17.2.